The third kappa shape index (κ3) is 2.60. The lowest BCUT2D eigenvalue weighted by atomic mass is 10.3. The van der Waals surface area contributed by atoms with Gasteiger partial charge in [-0.2, -0.15) is 0 Å². The number of aromatic nitrogens is 3. The fourth-order valence-electron chi connectivity index (χ4n) is 2.06. The highest BCUT2D eigenvalue weighted by atomic mass is 16.5. The second-order valence-electron chi connectivity index (χ2n) is 4.56. The van der Waals surface area contributed by atoms with Crippen LogP contribution in [0.4, 0.5) is 0 Å². The van der Waals surface area contributed by atoms with E-state index in [1.807, 2.05) is 0 Å². The van der Waals surface area contributed by atoms with Crippen molar-refractivity contribution < 1.29 is 13.9 Å². The van der Waals surface area contributed by atoms with Crippen molar-refractivity contribution in [3.63, 3.8) is 0 Å². The van der Waals surface area contributed by atoms with E-state index in [2.05, 4.69) is 9.97 Å². The van der Waals surface area contributed by atoms with Crippen LogP contribution in [-0.2, 0) is 11.3 Å². The Kier molecular flexibility index (Phi) is 3.69. The number of hydrogen-bond acceptors (Lipinski definition) is 6. The molecular weight excluding hydrogens is 286 g/mol. The van der Waals surface area contributed by atoms with Crippen molar-refractivity contribution in [2.75, 3.05) is 6.61 Å². The molecule has 0 unspecified atom stereocenters. The van der Waals surface area contributed by atoms with Crippen LogP contribution in [0.25, 0.3) is 10.9 Å². The second-order valence-corrected chi connectivity index (χ2v) is 4.56. The van der Waals surface area contributed by atoms with Gasteiger partial charge in [0, 0.05) is 6.20 Å². The van der Waals surface area contributed by atoms with Crippen molar-refractivity contribution in [2.24, 2.45) is 0 Å². The number of carbonyl (C=O) groups excluding carboxylic acids is 1. The quantitative estimate of drug-likeness (QED) is 0.680. The molecule has 3 heterocycles. The highest BCUT2D eigenvalue weighted by Gasteiger charge is 2.13. The Bertz CT molecular complexity index is 882. The number of ether oxygens (including phenoxy) is 1. The molecule has 3 rings (SSSR count). The van der Waals surface area contributed by atoms with Gasteiger partial charge in [0.1, 0.15) is 5.76 Å². The van der Waals surface area contributed by atoms with Crippen LogP contribution in [0.1, 0.15) is 23.2 Å². The monoisotopic (exact) mass is 299 g/mol. The summed E-state index contributed by atoms with van der Waals surface area (Å²) in [6, 6.07) is 4.78. The Morgan fingerprint density at radius 1 is 1.36 bits per heavy atom. The summed E-state index contributed by atoms with van der Waals surface area (Å²) in [6.07, 6.45) is 4.51. The third-order valence-corrected chi connectivity index (χ3v) is 3.09. The molecule has 0 fully saturated rings. The van der Waals surface area contributed by atoms with Gasteiger partial charge in [-0.05, 0) is 25.1 Å². The van der Waals surface area contributed by atoms with Crippen LogP contribution < -0.4 is 5.56 Å². The minimum Gasteiger partial charge on any atom is -0.460 e. The number of esters is 1. The predicted octanol–water partition coefficient (Wildman–Crippen LogP) is 1.61. The van der Waals surface area contributed by atoms with E-state index in [1.165, 1.54) is 23.2 Å². The molecule has 112 valence electrons. The summed E-state index contributed by atoms with van der Waals surface area (Å²) in [5, 5.41) is 0.481. The lowest BCUT2D eigenvalue weighted by molar-refractivity contribution is 0.0488. The molecule has 0 spiro atoms. The number of nitrogens with zero attached hydrogens (tertiary/aromatic N) is 3. The largest absolute Gasteiger partial charge is 0.460 e. The van der Waals surface area contributed by atoms with E-state index in [9.17, 15) is 9.59 Å². The van der Waals surface area contributed by atoms with Crippen molar-refractivity contribution in [3.8, 4) is 0 Å². The van der Waals surface area contributed by atoms with Gasteiger partial charge in [-0.1, -0.05) is 0 Å². The Hall–Kier alpha value is -2.96. The summed E-state index contributed by atoms with van der Waals surface area (Å²) < 4.78 is 11.7. The van der Waals surface area contributed by atoms with Crippen molar-refractivity contribution in [2.45, 2.75) is 13.5 Å². The molecule has 0 radical (unpaired) electrons. The Morgan fingerprint density at radius 3 is 3.05 bits per heavy atom. The van der Waals surface area contributed by atoms with Gasteiger partial charge in [0.15, 0.2) is 0 Å². The summed E-state index contributed by atoms with van der Waals surface area (Å²) in [5.41, 5.74) is 0.344. The van der Waals surface area contributed by atoms with Gasteiger partial charge in [0.25, 0.3) is 5.56 Å². The van der Waals surface area contributed by atoms with Crippen LogP contribution in [-0.4, -0.2) is 27.1 Å². The Balaban J connectivity index is 1.89. The average molecular weight is 299 g/mol. The standard InChI is InChI=1S/C15H13N3O4/c1-2-21-15(20)13-4-3-10(22-13)8-18-9-17-12-7-16-6-5-11(12)14(18)19/h3-7,9H,2,8H2,1H3. The molecule has 0 bridgehead atoms. The van der Waals surface area contributed by atoms with Gasteiger partial charge in [-0.3, -0.25) is 14.3 Å². The first-order valence-corrected chi connectivity index (χ1v) is 6.74. The summed E-state index contributed by atoms with van der Waals surface area (Å²) in [4.78, 5) is 32.0. The lowest BCUT2D eigenvalue weighted by Crippen LogP contribution is -2.21. The molecule has 7 heteroatoms. The smallest absolute Gasteiger partial charge is 0.374 e. The maximum absolute atomic E-state index is 12.3. The van der Waals surface area contributed by atoms with Crippen molar-refractivity contribution in [1.82, 2.24) is 14.5 Å². The molecule has 7 nitrogen and oxygen atoms in total. The van der Waals surface area contributed by atoms with E-state index in [1.54, 1.807) is 25.3 Å². The topological polar surface area (TPSA) is 87.2 Å². The van der Waals surface area contributed by atoms with E-state index < -0.39 is 5.97 Å². The first kappa shape index (κ1) is 14.0. The highest BCUT2D eigenvalue weighted by molar-refractivity contribution is 5.86. The van der Waals surface area contributed by atoms with Crippen LogP contribution in [0.5, 0.6) is 0 Å². The number of furan rings is 1. The molecule has 0 N–H and O–H groups in total. The van der Waals surface area contributed by atoms with Crippen LogP contribution in [0.3, 0.4) is 0 Å². The molecule has 0 aliphatic carbocycles. The minimum atomic E-state index is -0.524. The number of pyridine rings is 1. The number of hydrogen-bond donors (Lipinski definition) is 0. The van der Waals surface area contributed by atoms with Gasteiger partial charge in [-0.25, -0.2) is 9.78 Å². The fourth-order valence-corrected chi connectivity index (χ4v) is 2.06. The van der Waals surface area contributed by atoms with Crippen LogP contribution in [0.15, 0.2) is 46.1 Å². The first-order valence-electron chi connectivity index (χ1n) is 6.74. The number of carbonyl (C=O) groups is 1. The molecule has 0 atom stereocenters. The van der Waals surface area contributed by atoms with Crippen LogP contribution >= 0.6 is 0 Å². The lowest BCUT2D eigenvalue weighted by Gasteiger charge is -2.04. The highest BCUT2D eigenvalue weighted by Crippen LogP contribution is 2.11. The molecule has 0 aromatic carbocycles. The van der Waals surface area contributed by atoms with E-state index in [4.69, 9.17) is 9.15 Å². The second kappa shape index (κ2) is 5.80. The zero-order valence-electron chi connectivity index (χ0n) is 11.9. The Labute approximate surface area is 125 Å². The molecular formula is C15H13N3O4. The van der Waals surface area contributed by atoms with Crippen LogP contribution in [0.2, 0.25) is 0 Å². The van der Waals surface area contributed by atoms with Gasteiger partial charge in [0.2, 0.25) is 5.76 Å². The van der Waals surface area contributed by atoms with Crippen molar-refractivity contribution in [3.05, 3.63) is 58.8 Å². The summed E-state index contributed by atoms with van der Waals surface area (Å²) >= 11 is 0. The SMILES string of the molecule is CCOC(=O)c1ccc(Cn2cnc3cnccc3c2=O)o1. The summed E-state index contributed by atoms with van der Waals surface area (Å²) in [7, 11) is 0. The molecule has 0 saturated heterocycles. The molecule has 0 aliphatic rings. The number of fused-ring (bicyclic) bond motifs is 1. The van der Waals surface area contributed by atoms with E-state index in [-0.39, 0.29) is 24.5 Å². The van der Waals surface area contributed by atoms with Gasteiger partial charge in [0.05, 0.1) is 36.6 Å². The van der Waals surface area contributed by atoms with Gasteiger partial charge >= 0.3 is 5.97 Å². The molecule has 0 saturated carbocycles. The van der Waals surface area contributed by atoms with E-state index in [0.717, 1.165) is 0 Å². The maximum atomic E-state index is 12.3. The third-order valence-electron chi connectivity index (χ3n) is 3.09. The minimum absolute atomic E-state index is 0.114. The predicted molar refractivity (Wildman–Crippen MR) is 77.6 cm³/mol. The molecule has 3 aromatic heterocycles. The zero-order chi connectivity index (χ0) is 15.5. The first-order chi connectivity index (χ1) is 10.7. The van der Waals surface area contributed by atoms with E-state index >= 15 is 0 Å². The fraction of sp³-hybridized carbons (Fsp3) is 0.200. The van der Waals surface area contributed by atoms with Crippen molar-refractivity contribution in [1.29, 1.82) is 0 Å². The van der Waals surface area contributed by atoms with Crippen molar-refractivity contribution >= 4 is 16.9 Å². The van der Waals surface area contributed by atoms with Gasteiger partial charge < -0.3 is 9.15 Å². The zero-order valence-corrected chi connectivity index (χ0v) is 11.9. The summed E-state index contributed by atoms with van der Waals surface area (Å²) in [5.74, 6) is 0.0621. The maximum Gasteiger partial charge on any atom is 0.374 e. The normalized spacial score (nSPS) is 10.8. The molecule has 0 aliphatic heterocycles. The molecule has 0 amide bonds. The van der Waals surface area contributed by atoms with Gasteiger partial charge in [-0.15, -0.1) is 0 Å². The molecule has 3 aromatic rings. The Morgan fingerprint density at radius 2 is 2.23 bits per heavy atom. The summed E-state index contributed by atoms with van der Waals surface area (Å²) in [6.45, 7) is 2.18. The molecule has 22 heavy (non-hydrogen) atoms. The number of rotatable bonds is 4. The van der Waals surface area contributed by atoms with E-state index in [0.29, 0.717) is 16.7 Å². The van der Waals surface area contributed by atoms with Crippen LogP contribution in [0, 0.1) is 0 Å². The average Bonchev–Trinajstić information content (AvgIpc) is 2.99.